The Kier molecular flexibility index (Phi) is 3.49. The molecule has 0 fully saturated rings. The fraction of sp³-hybridized carbons (Fsp3) is 0.438. The fourth-order valence-electron chi connectivity index (χ4n) is 3.06. The fourth-order valence-corrected chi connectivity index (χ4v) is 3.06. The van der Waals surface area contributed by atoms with Gasteiger partial charge in [-0.15, -0.1) is 0 Å². The topological polar surface area (TPSA) is 39.1 Å². The Labute approximate surface area is 119 Å². The molecule has 4 heteroatoms. The van der Waals surface area contributed by atoms with Crippen LogP contribution in [0.25, 0.3) is 0 Å². The number of methoxy groups -OCH3 is 1. The first-order valence-electron chi connectivity index (χ1n) is 7.05. The van der Waals surface area contributed by atoms with Crippen LogP contribution in [0.5, 0.6) is 5.88 Å². The lowest BCUT2D eigenvalue weighted by Crippen LogP contribution is -2.29. The third-order valence-corrected chi connectivity index (χ3v) is 4.14. The summed E-state index contributed by atoms with van der Waals surface area (Å²) in [7, 11) is 3.61. The number of rotatable bonds is 5. The molecule has 0 radical (unpaired) electrons. The first-order valence-corrected chi connectivity index (χ1v) is 7.05. The van der Waals surface area contributed by atoms with Gasteiger partial charge in [0.05, 0.1) is 18.4 Å². The van der Waals surface area contributed by atoms with E-state index in [9.17, 15) is 0 Å². The molecule has 106 valence electrons. The average Bonchev–Trinajstić information content (AvgIpc) is 2.69. The summed E-state index contributed by atoms with van der Waals surface area (Å²) < 4.78 is 7.21. The molecule has 0 aliphatic heterocycles. The molecule has 1 aromatic carbocycles. The molecule has 20 heavy (non-hydrogen) atoms. The number of benzene rings is 1. The second-order valence-corrected chi connectivity index (χ2v) is 5.43. The van der Waals surface area contributed by atoms with Gasteiger partial charge in [-0.2, -0.15) is 5.10 Å². The third-order valence-electron chi connectivity index (χ3n) is 4.14. The van der Waals surface area contributed by atoms with E-state index in [0.717, 1.165) is 30.2 Å². The Morgan fingerprint density at radius 3 is 2.95 bits per heavy atom. The highest BCUT2D eigenvalue weighted by atomic mass is 16.5. The van der Waals surface area contributed by atoms with Gasteiger partial charge in [-0.05, 0) is 24.5 Å². The van der Waals surface area contributed by atoms with Gasteiger partial charge in [-0.3, -0.25) is 0 Å². The van der Waals surface area contributed by atoms with E-state index in [4.69, 9.17) is 4.74 Å². The second kappa shape index (κ2) is 5.29. The molecule has 0 amide bonds. The monoisotopic (exact) mass is 271 g/mol. The van der Waals surface area contributed by atoms with Crippen LogP contribution >= 0.6 is 0 Å². The molecular weight excluding hydrogens is 250 g/mol. The highest BCUT2D eigenvalue weighted by molar-refractivity contribution is 5.40. The lowest BCUT2D eigenvalue weighted by atomic mass is 9.77. The van der Waals surface area contributed by atoms with Gasteiger partial charge >= 0.3 is 0 Å². The van der Waals surface area contributed by atoms with Crippen LogP contribution in [0.1, 0.15) is 28.3 Å². The van der Waals surface area contributed by atoms with E-state index in [1.165, 1.54) is 17.5 Å². The molecule has 1 N–H and O–H groups in total. The van der Waals surface area contributed by atoms with Crippen molar-refractivity contribution in [2.24, 2.45) is 7.05 Å². The first kappa shape index (κ1) is 13.2. The summed E-state index contributed by atoms with van der Waals surface area (Å²) >= 11 is 0. The van der Waals surface area contributed by atoms with Crippen molar-refractivity contribution in [2.45, 2.75) is 25.8 Å². The number of hydrogen-bond donors (Lipinski definition) is 1. The van der Waals surface area contributed by atoms with Crippen LogP contribution in [0.4, 0.5) is 0 Å². The molecule has 1 unspecified atom stereocenters. The number of nitrogens with one attached hydrogen (secondary N) is 1. The standard InChI is InChI=1S/C16H21N3O/c1-11-15(16(20-3)19(2)18-11)10-17-9-13-8-12-6-4-5-7-14(12)13/h4-7,13,17H,8-10H2,1-3H3. The van der Waals surface area contributed by atoms with Crippen LogP contribution < -0.4 is 10.1 Å². The number of aromatic nitrogens is 2. The molecule has 1 aliphatic rings. The Balaban J connectivity index is 1.59. The van der Waals surface area contributed by atoms with Gasteiger partial charge in [-0.1, -0.05) is 24.3 Å². The predicted octanol–water partition coefficient (Wildman–Crippen LogP) is 2.17. The highest BCUT2D eigenvalue weighted by Gasteiger charge is 2.25. The number of aryl methyl sites for hydroxylation is 2. The summed E-state index contributed by atoms with van der Waals surface area (Å²) in [6.45, 7) is 3.84. The average molecular weight is 271 g/mol. The maximum absolute atomic E-state index is 5.41. The van der Waals surface area contributed by atoms with Crippen LogP contribution in [0.15, 0.2) is 24.3 Å². The van der Waals surface area contributed by atoms with E-state index >= 15 is 0 Å². The SMILES string of the molecule is COc1c(CNCC2Cc3ccccc32)c(C)nn1C. The zero-order valence-corrected chi connectivity index (χ0v) is 12.3. The summed E-state index contributed by atoms with van der Waals surface area (Å²) in [5.41, 5.74) is 5.18. The van der Waals surface area contributed by atoms with Crippen molar-refractivity contribution in [3.63, 3.8) is 0 Å². The largest absolute Gasteiger partial charge is 0.481 e. The Bertz CT molecular complexity index is 618. The second-order valence-electron chi connectivity index (χ2n) is 5.43. The molecule has 2 aromatic rings. The van der Waals surface area contributed by atoms with Gasteiger partial charge in [0, 0.05) is 26.1 Å². The minimum Gasteiger partial charge on any atom is -0.481 e. The van der Waals surface area contributed by atoms with E-state index in [1.807, 2.05) is 14.0 Å². The Morgan fingerprint density at radius 2 is 2.20 bits per heavy atom. The van der Waals surface area contributed by atoms with Gasteiger partial charge in [0.15, 0.2) is 0 Å². The Hall–Kier alpha value is -1.81. The third kappa shape index (κ3) is 2.20. The van der Waals surface area contributed by atoms with Gasteiger partial charge in [-0.25, -0.2) is 4.68 Å². The molecule has 4 nitrogen and oxygen atoms in total. The van der Waals surface area contributed by atoms with Crippen molar-refractivity contribution in [3.05, 3.63) is 46.6 Å². The van der Waals surface area contributed by atoms with Crippen LogP contribution in [0, 0.1) is 6.92 Å². The summed E-state index contributed by atoms with van der Waals surface area (Å²) in [6, 6.07) is 8.70. The molecule has 0 bridgehead atoms. The number of fused-ring (bicyclic) bond motifs is 1. The van der Waals surface area contributed by atoms with Crippen LogP contribution in [0.3, 0.4) is 0 Å². The highest BCUT2D eigenvalue weighted by Crippen LogP contribution is 2.34. The zero-order valence-electron chi connectivity index (χ0n) is 12.3. The van der Waals surface area contributed by atoms with Crippen LogP contribution in [0.2, 0.25) is 0 Å². The summed E-state index contributed by atoms with van der Waals surface area (Å²) in [5, 5.41) is 7.94. The molecule has 1 aromatic heterocycles. The smallest absolute Gasteiger partial charge is 0.216 e. The molecule has 0 spiro atoms. The van der Waals surface area contributed by atoms with Gasteiger partial charge in [0.25, 0.3) is 0 Å². The molecule has 1 aliphatic carbocycles. The lowest BCUT2D eigenvalue weighted by molar-refractivity contribution is 0.367. The number of hydrogen-bond acceptors (Lipinski definition) is 3. The van der Waals surface area contributed by atoms with E-state index in [1.54, 1.807) is 11.8 Å². The van der Waals surface area contributed by atoms with Crippen LogP contribution in [-0.2, 0) is 20.0 Å². The van der Waals surface area contributed by atoms with E-state index in [0.29, 0.717) is 5.92 Å². The van der Waals surface area contributed by atoms with Crippen LogP contribution in [-0.4, -0.2) is 23.4 Å². The maximum atomic E-state index is 5.41. The summed E-state index contributed by atoms with van der Waals surface area (Å²) in [4.78, 5) is 0. The van der Waals surface area contributed by atoms with Crippen molar-refractivity contribution in [1.82, 2.24) is 15.1 Å². The van der Waals surface area contributed by atoms with Crippen molar-refractivity contribution in [2.75, 3.05) is 13.7 Å². The number of nitrogens with zero attached hydrogens (tertiary/aromatic N) is 2. The summed E-state index contributed by atoms with van der Waals surface area (Å²) in [5.74, 6) is 1.50. The van der Waals surface area contributed by atoms with Crippen molar-refractivity contribution in [3.8, 4) is 5.88 Å². The van der Waals surface area contributed by atoms with E-state index in [-0.39, 0.29) is 0 Å². The van der Waals surface area contributed by atoms with Gasteiger partial charge in [0.2, 0.25) is 5.88 Å². The van der Waals surface area contributed by atoms with E-state index in [2.05, 4.69) is 34.7 Å². The quantitative estimate of drug-likeness (QED) is 0.906. The van der Waals surface area contributed by atoms with E-state index < -0.39 is 0 Å². The Morgan fingerprint density at radius 1 is 1.40 bits per heavy atom. The molecule has 0 saturated heterocycles. The van der Waals surface area contributed by atoms with Crippen molar-refractivity contribution >= 4 is 0 Å². The molecule has 0 saturated carbocycles. The molecule has 1 heterocycles. The zero-order chi connectivity index (χ0) is 14.1. The molecule has 3 rings (SSSR count). The minimum atomic E-state index is 0.647. The maximum Gasteiger partial charge on any atom is 0.216 e. The summed E-state index contributed by atoms with van der Waals surface area (Å²) in [6.07, 6.45) is 1.19. The lowest BCUT2D eigenvalue weighted by Gasteiger charge is -2.30. The van der Waals surface area contributed by atoms with Crippen molar-refractivity contribution in [1.29, 1.82) is 0 Å². The minimum absolute atomic E-state index is 0.647. The normalized spacial score (nSPS) is 16.6. The molecular formula is C16H21N3O. The predicted molar refractivity (Wildman–Crippen MR) is 79.1 cm³/mol. The van der Waals surface area contributed by atoms with Gasteiger partial charge in [0.1, 0.15) is 0 Å². The first-order chi connectivity index (χ1) is 9.70. The van der Waals surface area contributed by atoms with Gasteiger partial charge < -0.3 is 10.1 Å². The van der Waals surface area contributed by atoms with Crippen molar-refractivity contribution < 1.29 is 4.74 Å². The molecule has 1 atom stereocenters. The number of ether oxygens (including phenoxy) is 1.